The lowest BCUT2D eigenvalue weighted by Crippen LogP contribution is -2.38. The van der Waals surface area contributed by atoms with Crippen LogP contribution in [0.5, 0.6) is 5.75 Å². The summed E-state index contributed by atoms with van der Waals surface area (Å²) in [4.78, 5) is 0. The van der Waals surface area contributed by atoms with Gasteiger partial charge in [-0.2, -0.15) is 0 Å². The molecule has 5 heteroatoms. The molecule has 2 aromatic carbocycles. The van der Waals surface area contributed by atoms with Crippen LogP contribution in [-0.2, 0) is 12.8 Å². The predicted molar refractivity (Wildman–Crippen MR) is 88.0 cm³/mol. The molecule has 0 saturated carbocycles. The van der Waals surface area contributed by atoms with E-state index in [-0.39, 0.29) is 6.04 Å². The number of nitrogens with two attached hydrogens (primary N) is 1. The van der Waals surface area contributed by atoms with Gasteiger partial charge >= 0.3 is 0 Å². The van der Waals surface area contributed by atoms with Gasteiger partial charge in [0.25, 0.3) is 0 Å². The van der Waals surface area contributed by atoms with Crippen LogP contribution in [0.25, 0.3) is 0 Å². The summed E-state index contributed by atoms with van der Waals surface area (Å²) in [5, 5.41) is 1.38. The summed E-state index contributed by atoms with van der Waals surface area (Å²) in [6.45, 7) is 0. The van der Waals surface area contributed by atoms with Crippen molar-refractivity contribution in [3.8, 4) is 5.75 Å². The zero-order chi connectivity index (χ0) is 15.2. The van der Waals surface area contributed by atoms with Crippen LogP contribution in [0.2, 0.25) is 10.0 Å². The van der Waals surface area contributed by atoms with Gasteiger partial charge in [0, 0.05) is 16.1 Å². The van der Waals surface area contributed by atoms with Crippen LogP contribution >= 0.6 is 23.2 Å². The van der Waals surface area contributed by atoms with E-state index < -0.39 is 0 Å². The lowest BCUT2D eigenvalue weighted by atomic mass is 9.99. The van der Waals surface area contributed by atoms with Gasteiger partial charge < -0.3 is 4.74 Å². The maximum absolute atomic E-state index is 6.20. The molecule has 3 nitrogen and oxygen atoms in total. The van der Waals surface area contributed by atoms with Crippen molar-refractivity contribution in [1.29, 1.82) is 0 Å². The van der Waals surface area contributed by atoms with Crippen molar-refractivity contribution in [2.24, 2.45) is 5.84 Å². The molecule has 0 aliphatic rings. The van der Waals surface area contributed by atoms with E-state index in [1.807, 2.05) is 30.3 Å². The summed E-state index contributed by atoms with van der Waals surface area (Å²) in [5.41, 5.74) is 5.01. The minimum atomic E-state index is 0.0781. The normalized spacial score (nSPS) is 12.2. The van der Waals surface area contributed by atoms with Gasteiger partial charge in [-0.15, -0.1) is 0 Å². The highest BCUT2D eigenvalue weighted by atomic mass is 35.5. The number of rotatable bonds is 6. The van der Waals surface area contributed by atoms with Crippen LogP contribution in [0.4, 0.5) is 0 Å². The van der Waals surface area contributed by atoms with Crippen molar-refractivity contribution < 1.29 is 4.74 Å². The van der Waals surface area contributed by atoms with Crippen molar-refractivity contribution >= 4 is 23.2 Å². The first-order valence-electron chi connectivity index (χ1n) is 6.65. The Morgan fingerprint density at radius 2 is 1.81 bits per heavy atom. The van der Waals surface area contributed by atoms with Gasteiger partial charge in [0.2, 0.25) is 0 Å². The van der Waals surface area contributed by atoms with E-state index in [1.54, 1.807) is 19.2 Å². The van der Waals surface area contributed by atoms with Gasteiger partial charge in [-0.05, 0) is 54.3 Å². The molecule has 112 valence electrons. The molecule has 0 fully saturated rings. The third-order valence-electron chi connectivity index (χ3n) is 3.35. The van der Waals surface area contributed by atoms with Crippen molar-refractivity contribution in [1.82, 2.24) is 5.43 Å². The van der Waals surface area contributed by atoms with E-state index in [1.165, 1.54) is 5.56 Å². The Bertz CT molecular complexity index is 587. The van der Waals surface area contributed by atoms with E-state index >= 15 is 0 Å². The van der Waals surface area contributed by atoms with Gasteiger partial charge in [-0.1, -0.05) is 35.3 Å². The molecule has 21 heavy (non-hydrogen) atoms. The van der Waals surface area contributed by atoms with Crippen molar-refractivity contribution in [3.63, 3.8) is 0 Å². The Kier molecular flexibility index (Phi) is 5.88. The van der Waals surface area contributed by atoms with E-state index in [2.05, 4.69) is 5.43 Å². The molecule has 0 bridgehead atoms. The third-order valence-corrected chi connectivity index (χ3v) is 3.95. The minimum Gasteiger partial charge on any atom is -0.497 e. The van der Waals surface area contributed by atoms with Crippen LogP contribution in [0.15, 0.2) is 42.5 Å². The van der Waals surface area contributed by atoms with Crippen molar-refractivity contribution in [2.45, 2.75) is 18.9 Å². The molecule has 0 spiro atoms. The van der Waals surface area contributed by atoms with Crippen LogP contribution in [-0.4, -0.2) is 13.2 Å². The van der Waals surface area contributed by atoms with Gasteiger partial charge in [-0.3, -0.25) is 11.3 Å². The number of hydrazine groups is 1. The lowest BCUT2D eigenvalue weighted by molar-refractivity contribution is 0.414. The van der Waals surface area contributed by atoms with Crippen LogP contribution in [0, 0.1) is 0 Å². The summed E-state index contributed by atoms with van der Waals surface area (Å²) in [6, 6.07) is 13.5. The molecule has 0 amide bonds. The molecule has 0 saturated heterocycles. The summed E-state index contributed by atoms with van der Waals surface area (Å²) < 4.78 is 5.15. The highest BCUT2D eigenvalue weighted by molar-refractivity contribution is 6.33. The molecule has 1 unspecified atom stereocenters. The first-order valence-corrected chi connectivity index (χ1v) is 7.41. The molecule has 2 rings (SSSR count). The molecule has 1 atom stereocenters. The quantitative estimate of drug-likeness (QED) is 0.630. The minimum absolute atomic E-state index is 0.0781. The van der Waals surface area contributed by atoms with Crippen LogP contribution < -0.4 is 16.0 Å². The average Bonchev–Trinajstić information content (AvgIpc) is 2.51. The molecule has 0 radical (unpaired) electrons. The molecular weight excluding hydrogens is 307 g/mol. The number of methoxy groups -OCH3 is 1. The summed E-state index contributed by atoms with van der Waals surface area (Å²) >= 11 is 12.2. The predicted octanol–water partition coefficient (Wildman–Crippen LogP) is 3.62. The largest absolute Gasteiger partial charge is 0.497 e. The Hall–Kier alpha value is -1.26. The molecule has 0 heterocycles. The maximum atomic E-state index is 6.20. The zero-order valence-electron chi connectivity index (χ0n) is 11.8. The number of hydrogen-bond acceptors (Lipinski definition) is 3. The first-order chi connectivity index (χ1) is 10.1. The molecule has 3 N–H and O–H groups in total. The second-order valence-electron chi connectivity index (χ2n) is 4.86. The Morgan fingerprint density at radius 1 is 1.10 bits per heavy atom. The van der Waals surface area contributed by atoms with Gasteiger partial charge in [0.1, 0.15) is 5.75 Å². The Balaban J connectivity index is 2.07. The van der Waals surface area contributed by atoms with Gasteiger partial charge in [0.05, 0.1) is 7.11 Å². The first kappa shape index (κ1) is 16.1. The number of ether oxygens (including phenoxy) is 1. The number of benzene rings is 2. The summed E-state index contributed by atoms with van der Waals surface area (Å²) in [5.74, 6) is 6.50. The zero-order valence-corrected chi connectivity index (χ0v) is 13.3. The molecule has 2 aromatic rings. The maximum Gasteiger partial charge on any atom is 0.118 e. The topological polar surface area (TPSA) is 47.3 Å². The Morgan fingerprint density at radius 3 is 2.43 bits per heavy atom. The summed E-state index contributed by atoms with van der Waals surface area (Å²) in [7, 11) is 1.65. The SMILES string of the molecule is COc1ccc(CC(Cc2cc(Cl)ccc2Cl)NN)cc1. The second-order valence-corrected chi connectivity index (χ2v) is 5.70. The van der Waals surface area contributed by atoms with Crippen molar-refractivity contribution in [3.05, 3.63) is 63.6 Å². The highest BCUT2D eigenvalue weighted by Gasteiger charge is 2.12. The standard InChI is InChI=1S/C16H18Cl2N2O/c1-21-15-5-2-11(3-6-15)8-14(20-19)10-12-9-13(17)4-7-16(12)18/h2-7,9,14,20H,8,10,19H2,1H3. The van der Waals surface area contributed by atoms with E-state index in [9.17, 15) is 0 Å². The lowest BCUT2D eigenvalue weighted by Gasteiger charge is -2.17. The number of hydrogen-bond donors (Lipinski definition) is 2. The average molecular weight is 325 g/mol. The van der Waals surface area contributed by atoms with Crippen LogP contribution in [0.1, 0.15) is 11.1 Å². The molecule has 0 aliphatic heterocycles. The van der Waals surface area contributed by atoms with Gasteiger partial charge in [-0.25, -0.2) is 0 Å². The van der Waals surface area contributed by atoms with E-state index in [0.717, 1.165) is 17.7 Å². The number of nitrogens with one attached hydrogen (secondary N) is 1. The smallest absolute Gasteiger partial charge is 0.118 e. The van der Waals surface area contributed by atoms with Gasteiger partial charge in [0.15, 0.2) is 0 Å². The molecule has 0 aliphatic carbocycles. The van der Waals surface area contributed by atoms with E-state index in [4.69, 9.17) is 33.8 Å². The number of halogens is 2. The third kappa shape index (κ3) is 4.61. The van der Waals surface area contributed by atoms with Crippen molar-refractivity contribution in [2.75, 3.05) is 7.11 Å². The fourth-order valence-electron chi connectivity index (χ4n) is 2.20. The Labute approximate surface area is 135 Å². The fraction of sp³-hybridized carbons (Fsp3) is 0.250. The summed E-state index contributed by atoms with van der Waals surface area (Å²) in [6.07, 6.45) is 1.51. The fourth-order valence-corrected chi connectivity index (χ4v) is 2.59. The molecular formula is C16H18Cl2N2O. The van der Waals surface area contributed by atoms with Crippen LogP contribution in [0.3, 0.4) is 0 Å². The molecule has 0 aromatic heterocycles. The monoisotopic (exact) mass is 324 g/mol. The van der Waals surface area contributed by atoms with E-state index in [0.29, 0.717) is 16.5 Å². The second kappa shape index (κ2) is 7.66. The highest BCUT2D eigenvalue weighted by Crippen LogP contribution is 2.23.